The van der Waals surface area contributed by atoms with Crippen LogP contribution >= 0.6 is 0 Å². The molecule has 57 heavy (non-hydrogen) atoms. The number of hydrogen-bond acceptors (Lipinski definition) is 2. The summed E-state index contributed by atoms with van der Waals surface area (Å²) < 4.78 is 16.1. The first-order valence-electron chi connectivity index (χ1n) is 20.2. The number of nitrogens with zero attached hydrogens (tertiary/aromatic N) is 1. The summed E-state index contributed by atoms with van der Waals surface area (Å²) in [6.45, 7) is 0.328. The highest BCUT2D eigenvalue weighted by Crippen LogP contribution is 2.43. The zero-order valence-corrected chi connectivity index (χ0v) is 31.6. The van der Waals surface area contributed by atoms with Crippen LogP contribution in [0.25, 0.3) is 44.1 Å². The molecule has 3 nitrogen and oxygen atoms in total. The average molecular weight is 727 g/mol. The molecule has 9 aromatic rings. The van der Waals surface area contributed by atoms with E-state index in [1.807, 2.05) is 0 Å². The Morgan fingerprint density at radius 1 is 0.421 bits per heavy atom. The first-order valence-corrected chi connectivity index (χ1v) is 20.2. The smallest absolute Gasteiger partial charge is 0.251 e. The molecule has 0 atom stereocenters. The number of benzene rings is 8. The van der Waals surface area contributed by atoms with Gasteiger partial charge in [0.15, 0.2) is 0 Å². The van der Waals surface area contributed by atoms with Crippen molar-refractivity contribution in [1.82, 2.24) is 4.57 Å². The highest BCUT2D eigenvalue weighted by Gasteiger charge is 2.39. The minimum absolute atomic E-state index is 0.159. The van der Waals surface area contributed by atoms with Gasteiger partial charge in [-0.3, -0.25) is 0 Å². The highest BCUT2D eigenvalue weighted by molar-refractivity contribution is 6.98. The molecule has 4 aliphatic rings. The lowest BCUT2D eigenvalue weighted by Crippen LogP contribution is -2.59. The van der Waals surface area contributed by atoms with E-state index >= 15 is 0 Å². The largest absolute Gasteiger partial charge is 0.458 e. The molecule has 8 aromatic carbocycles. The van der Waals surface area contributed by atoms with Gasteiger partial charge in [0, 0.05) is 28.9 Å². The van der Waals surface area contributed by atoms with Gasteiger partial charge in [-0.1, -0.05) is 150 Å². The van der Waals surface area contributed by atoms with E-state index in [1.165, 1.54) is 99.1 Å². The lowest BCUT2D eigenvalue weighted by atomic mass is 9.32. The van der Waals surface area contributed by atoms with Crippen LogP contribution in [0.1, 0.15) is 22.3 Å². The summed E-state index contributed by atoms with van der Waals surface area (Å²) in [5, 5.41) is 2.51. The number of para-hydroxylation sites is 4. The van der Waals surface area contributed by atoms with Crippen LogP contribution in [0.2, 0.25) is 0 Å². The molecule has 0 unspecified atom stereocenters. The van der Waals surface area contributed by atoms with Crippen LogP contribution in [-0.2, 0) is 26.3 Å². The van der Waals surface area contributed by atoms with E-state index in [0.717, 1.165) is 42.3 Å². The summed E-state index contributed by atoms with van der Waals surface area (Å²) in [4.78, 5) is 0. The number of hydrogen-bond donors (Lipinski definition) is 0. The molecule has 5 heteroatoms. The predicted octanol–water partition coefficient (Wildman–Crippen LogP) is 7.91. The average Bonchev–Trinajstić information content (AvgIpc) is 3.44. The number of fused-ring (bicyclic) bond motifs is 11. The number of aryl methyl sites for hydroxylation is 3. The van der Waals surface area contributed by atoms with Gasteiger partial charge in [0.25, 0.3) is 13.4 Å². The third kappa shape index (κ3) is 4.40. The van der Waals surface area contributed by atoms with Crippen molar-refractivity contribution in [2.24, 2.45) is 7.05 Å². The van der Waals surface area contributed by atoms with Crippen molar-refractivity contribution in [3.63, 3.8) is 0 Å². The van der Waals surface area contributed by atoms with Crippen molar-refractivity contribution in [3.8, 4) is 45.3 Å². The van der Waals surface area contributed by atoms with Crippen LogP contribution in [-0.4, -0.2) is 18.0 Å². The minimum atomic E-state index is 0.159. The Labute approximate surface area is 332 Å². The van der Waals surface area contributed by atoms with Crippen LogP contribution in [0.3, 0.4) is 0 Å². The molecular weight excluding hydrogens is 692 g/mol. The van der Waals surface area contributed by atoms with Gasteiger partial charge in [-0.05, 0) is 93.2 Å². The van der Waals surface area contributed by atoms with E-state index < -0.39 is 0 Å². The Hall–Kier alpha value is -6.71. The molecule has 0 fully saturated rings. The molecule has 0 saturated heterocycles. The van der Waals surface area contributed by atoms with E-state index in [2.05, 4.69) is 169 Å². The molecule has 0 saturated carbocycles. The van der Waals surface area contributed by atoms with E-state index in [4.69, 9.17) is 9.47 Å². The van der Waals surface area contributed by atoms with Crippen LogP contribution in [0.4, 0.5) is 0 Å². The van der Waals surface area contributed by atoms with Gasteiger partial charge < -0.3 is 14.0 Å². The van der Waals surface area contributed by atoms with E-state index in [-0.39, 0.29) is 13.4 Å². The summed E-state index contributed by atoms with van der Waals surface area (Å²) in [5.41, 5.74) is 20.7. The first kappa shape index (κ1) is 31.5. The molecule has 4 aliphatic heterocycles. The van der Waals surface area contributed by atoms with E-state index in [1.54, 1.807) is 0 Å². The lowest BCUT2D eigenvalue weighted by molar-refractivity contribution is 0.487. The Bertz CT molecular complexity index is 3140. The predicted molar refractivity (Wildman–Crippen MR) is 237 cm³/mol. The van der Waals surface area contributed by atoms with Crippen LogP contribution in [0.5, 0.6) is 23.0 Å². The molecule has 0 spiro atoms. The third-order valence-corrected chi connectivity index (χ3v) is 13.4. The van der Waals surface area contributed by atoms with E-state index in [0.29, 0.717) is 0 Å². The summed E-state index contributed by atoms with van der Waals surface area (Å²) in [6.07, 6.45) is 2.88. The third-order valence-electron chi connectivity index (χ3n) is 13.4. The first-order chi connectivity index (χ1) is 28.2. The lowest BCUT2D eigenvalue weighted by Gasteiger charge is -2.33. The second kappa shape index (κ2) is 11.7. The van der Waals surface area contributed by atoms with Gasteiger partial charge in [-0.2, -0.15) is 0 Å². The zero-order chi connectivity index (χ0) is 37.4. The standard InChI is InChI=1S/C52H35B2NO2/c1-55-51-37(34-27-33-25-24-31-12-2-4-18-41(31)53-43-20-6-8-22-45(43)56-47(29-34)49(33)53)14-10-16-39(51)40-17-11-15-38(52(40)55)35-28-36-26-32-13-3-5-19-42(32)54-44-21-7-9-23-46(44)57-48(30-35)50(36)54/h2-23,27-30H,24-26H2,1H3. The Balaban J connectivity index is 0.997. The Morgan fingerprint density at radius 2 is 0.895 bits per heavy atom. The SMILES string of the molecule is Cn1c2c(-c3cc4c5c(c3)Oc3ccccc3B5c3ccccc3CC4)cccc2c2cccc(-c3cc4c5c(c3)Oc3ccccc3B5c3ccccc3C4)c21. The maximum atomic E-state index is 6.84. The van der Waals surface area contributed by atoms with Gasteiger partial charge in [0.05, 0.1) is 11.0 Å². The molecule has 0 bridgehead atoms. The summed E-state index contributed by atoms with van der Waals surface area (Å²) in [5.74, 6) is 3.85. The number of ether oxygens (including phenoxy) is 2. The Kier molecular flexibility index (Phi) is 6.44. The topological polar surface area (TPSA) is 23.4 Å². The van der Waals surface area contributed by atoms with Crippen molar-refractivity contribution in [2.45, 2.75) is 19.3 Å². The number of aromatic nitrogens is 1. The van der Waals surface area contributed by atoms with Crippen molar-refractivity contribution in [1.29, 1.82) is 0 Å². The van der Waals surface area contributed by atoms with E-state index in [9.17, 15) is 0 Å². The normalized spacial score (nSPS) is 14.1. The molecular formula is C52H35B2NO2. The molecule has 0 amide bonds. The Morgan fingerprint density at radius 3 is 1.51 bits per heavy atom. The summed E-state index contributed by atoms with van der Waals surface area (Å²) in [6, 6.07) is 58.2. The zero-order valence-electron chi connectivity index (χ0n) is 31.6. The molecule has 266 valence electrons. The molecule has 0 radical (unpaired) electrons. The van der Waals surface area contributed by atoms with Gasteiger partial charge in [0.1, 0.15) is 23.0 Å². The second-order valence-electron chi connectivity index (χ2n) is 16.3. The van der Waals surface area contributed by atoms with Crippen molar-refractivity contribution in [3.05, 3.63) is 180 Å². The fourth-order valence-electron chi connectivity index (χ4n) is 11.0. The van der Waals surface area contributed by atoms with Crippen LogP contribution < -0.4 is 42.3 Å². The van der Waals surface area contributed by atoms with Crippen molar-refractivity contribution in [2.75, 3.05) is 0 Å². The molecule has 0 N–H and O–H groups in total. The van der Waals surface area contributed by atoms with Gasteiger partial charge in [0.2, 0.25) is 0 Å². The quantitative estimate of drug-likeness (QED) is 0.169. The minimum Gasteiger partial charge on any atom is -0.458 e. The van der Waals surface area contributed by atoms with Crippen molar-refractivity contribution >= 4 is 68.0 Å². The molecule has 0 aliphatic carbocycles. The highest BCUT2D eigenvalue weighted by atomic mass is 16.5. The monoisotopic (exact) mass is 727 g/mol. The number of rotatable bonds is 2. The fraction of sp³-hybridized carbons (Fsp3) is 0.0769. The van der Waals surface area contributed by atoms with Crippen LogP contribution in [0, 0.1) is 0 Å². The molecule has 13 rings (SSSR count). The summed E-state index contributed by atoms with van der Waals surface area (Å²) >= 11 is 0. The van der Waals surface area contributed by atoms with Gasteiger partial charge in [-0.25, -0.2) is 0 Å². The summed E-state index contributed by atoms with van der Waals surface area (Å²) in [7, 11) is 2.24. The van der Waals surface area contributed by atoms with Crippen LogP contribution in [0.15, 0.2) is 158 Å². The van der Waals surface area contributed by atoms with Gasteiger partial charge in [-0.15, -0.1) is 0 Å². The van der Waals surface area contributed by atoms with Crippen molar-refractivity contribution < 1.29 is 9.47 Å². The van der Waals surface area contributed by atoms with Gasteiger partial charge >= 0.3 is 0 Å². The maximum absolute atomic E-state index is 6.84. The molecule has 5 heterocycles. The second-order valence-corrected chi connectivity index (χ2v) is 16.3. The molecule has 1 aromatic heterocycles. The maximum Gasteiger partial charge on any atom is 0.251 e. The fourth-order valence-corrected chi connectivity index (χ4v) is 11.0.